The van der Waals surface area contributed by atoms with Crippen LogP contribution in [0.5, 0.6) is 0 Å². The topological polar surface area (TPSA) is 135 Å². The van der Waals surface area contributed by atoms with Gasteiger partial charge in [0, 0.05) is 107 Å². The number of aromatic amines is 1. The van der Waals surface area contributed by atoms with Crippen molar-refractivity contribution in [3.63, 3.8) is 0 Å². The second-order valence-corrected chi connectivity index (χ2v) is 20.7. The summed E-state index contributed by atoms with van der Waals surface area (Å²) < 4.78 is 4.97. The summed E-state index contributed by atoms with van der Waals surface area (Å²) in [5.74, 6) is 0.843. The molecule has 388 valence electrons. The number of nitrogens with zero attached hydrogens (tertiary/aromatic N) is 5. The Morgan fingerprint density at radius 3 is 1.58 bits per heavy atom. The van der Waals surface area contributed by atoms with Gasteiger partial charge in [-0.25, -0.2) is 9.97 Å². The van der Waals surface area contributed by atoms with Crippen LogP contribution in [0.15, 0.2) is 177 Å². The van der Waals surface area contributed by atoms with Gasteiger partial charge in [0.2, 0.25) is 0 Å². The zero-order valence-corrected chi connectivity index (χ0v) is 49.4. The molecule has 0 aliphatic carbocycles. The Kier molecular flexibility index (Phi) is 25.3. The molecule has 17 heteroatoms. The number of rotatable bonds is 12. The van der Waals surface area contributed by atoms with Crippen molar-refractivity contribution in [3.8, 4) is 5.69 Å². The van der Waals surface area contributed by atoms with Crippen LogP contribution in [0.3, 0.4) is 0 Å². The number of hydrogen-bond donors (Lipinski definition) is 5. The van der Waals surface area contributed by atoms with Crippen LogP contribution < -0.4 is 32.4 Å². The van der Waals surface area contributed by atoms with Gasteiger partial charge in [-0.1, -0.05) is 117 Å². The van der Waals surface area contributed by atoms with Gasteiger partial charge in [-0.05, 0) is 144 Å². The summed E-state index contributed by atoms with van der Waals surface area (Å²) in [5.41, 5.74) is 3.24. The molecule has 2 fully saturated rings. The van der Waals surface area contributed by atoms with Gasteiger partial charge in [-0.15, -0.1) is 0 Å². The molecule has 4 heterocycles. The van der Waals surface area contributed by atoms with Crippen LogP contribution in [-0.4, -0.2) is 94.8 Å². The van der Waals surface area contributed by atoms with Crippen molar-refractivity contribution in [2.75, 3.05) is 64.0 Å². The number of hydrogen-bond acceptors (Lipinski definition) is 10. The Balaban J connectivity index is 0.000000186. The summed E-state index contributed by atoms with van der Waals surface area (Å²) >= 11 is 15.0. The van der Waals surface area contributed by atoms with E-state index in [4.69, 9.17) is 0 Å². The number of likely N-dealkylation sites (tertiary alicyclic amines) is 2. The molecule has 8 aromatic rings. The van der Waals surface area contributed by atoms with E-state index in [1.54, 1.807) is 49.7 Å². The number of H-pyrrole nitrogens is 1. The van der Waals surface area contributed by atoms with Crippen LogP contribution in [0.25, 0.3) is 27.2 Å². The van der Waals surface area contributed by atoms with Gasteiger partial charge in [0.1, 0.15) is 0 Å². The van der Waals surface area contributed by atoms with Crippen LogP contribution in [0.2, 0.25) is 0 Å². The van der Waals surface area contributed by atoms with Gasteiger partial charge in [0.15, 0.2) is 11.6 Å². The Labute approximate surface area is 479 Å². The van der Waals surface area contributed by atoms with E-state index in [0.29, 0.717) is 17.7 Å². The molecule has 2 saturated heterocycles. The van der Waals surface area contributed by atoms with Crippen LogP contribution in [-0.2, 0) is 25.9 Å². The maximum absolute atomic E-state index is 13.0. The molecular formula is C56H63Br2CuI2N10O2. The predicted octanol–water partition coefficient (Wildman–Crippen LogP) is 11.6. The third-order valence-electron chi connectivity index (χ3n) is 12.3. The summed E-state index contributed by atoms with van der Waals surface area (Å²) in [7, 11) is 3.88. The molecule has 12 nitrogen and oxygen atoms in total. The normalized spacial score (nSPS) is 14.0. The fourth-order valence-corrected chi connectivity index (χ4v) is 10.3. The minimum atomic E-state index is -0.152. The Bertz CT molecular complexity index is 3020. The molecule has 0 atom stereocenters. The van der Waals surface area contributed by atoms with E-state index in [1.165, 1.54) is 36.2 Å². The summed E-state index contributed by atoms with van der Waals surface area (Å²) in [6.45, 7) is 8.07. The standard InChI is InChI=1S/C26H25BrN4O.C20H22N4O.C6H4BrI.C4H12N2.Cu.HI/c27-22-6-3-7-24(17-22)31-15-12-28-25(26(31)32)29-23-10-13-30(14-11-23)18-19-8-9-20-4-1-2-5-21(20)16-19;25-20-19(21-9-10-22-20)23-18-7-11-24(12-8-18)14-15-5-6-16-3-1-2-4-17(16)13-15;7-5-2-1-3-6(8)4-5;1-5-3-4-6-2;;/h1-9,12,15-17,23H,10-11,13-14,18H2,(H,28,29);1-6,9-10,13,18H,7-8,11-12,14H2,(H,21,23)(H,22,25);1-4H;5-6H,3-4H2,1-2H3;;1H/q;;;;+1;/p-1. The molecule has 6 aromatic carbocycles. The number of fused-ring (bicyclic) bond motifs is 2. The van der Waals surface area contributed by atoms with Crippen molar-refractivity contribution in [2.45, 2.75) is 50.9 Å². The van der Waals surface area contributed by atoms with Crippen molar-refractivity contribution < 1.29 is 12.8 Å². The summed E-state index contributed by atoms with van der Waals surface area (Å²) in [6, 6.07) is 46.8. The van der Waals surface area contributed by atoms with E-state index in [0.717, 1.165) is 92.7 Å². The molecule has 0 radical (unpaired) electrons. The molecule has 2 aliphatic heterocycles. The fourth-order valence-electron chi connectivity index (χ4n) is 8.55. The molecule has 10 rings (SSSR count). The maximum atomic E-state index is 13.0. The number of anilines is 2. The second-order valence-electron chi connectivity index (χ2n) is 17.6. The van der Waals surface area contributed by atoms with Gasteiger partial charge in [-0.2, -0.15) is 0 Å². The van der Waals surface area contributed by atoms with Crippen molar-refractivity contribution in [3.05, 3.63) is 203 Å². The summed E-state index contributed by atoms with van der Waals surface area (Å²) in [6.07, 6.45) is 10.6. The molecule has 0 bridgehead atoms. The molecule has 5 N–H and O–H groups in total. The summed E-state index contributed by atoms with van der Waals surface area (Å²) in [5, 5.41) is 17.8. The quantitative estimate of drug-likeness (QED) is 0.0457. The molecule has 2 aliphatic rings. The van der Waals surface area contributed by atoms with Gasteiger partial charge >= 0.3 is 33.1 Å². The fraction of sp³-hybridized carbons (Fsp3) is 0.286. The van der Waals surface area contributed by atoms with Crippen LogP contribution >= 0.6 is 74.8 Å². The molecule has 0 amide bonds. The number of benzene rings is 6. The van der Waals surface area contributed by atoms with Crippen molar-refractivity contribution in [2.24, 2.45) is 0 Å². The van der Waals surface area contributed by atoms with Crippen molar-refractivity contribution in [1.29, 1.82) is 0 Å². The second kappa shape index (κ2) is 31.8. The molecule has 0 saturated carbocycles. The summed E-state index contributed by atoms with van der Waals surface area (Å²) in [4.78, 5) is 40.8. The molecule has 2 aromatic heterocycles. The average Bonchev–Trinajstić information content (AvgIpc) is 3.41. The van der Waals surface area contributed by atoms with Crippen LogP contribution in [0.4, 0.5) is 11.6 Å². The van der Waals surface area contributed by atoms with E-state index in [-0.39, 0.29) is 17.2 Å². The number of likely N-dealkylation sites (N-methyl/N-ethyl adjacent to an activating group) is 2. The van der Waals surface area contributed by atoms with Gasteiger partial charge < -0.3 is 26.3 Å². The van der Waals surface area contributed by atoms with Crippen molar-refractivity contribution in [1.82, 2.24) is 40.0 Å². The van der Waals surface area contributed by atoms with E-state index in [1.807, 2.05) is 50.5 Å². The third kappa shape index (κ3) is 19.3. The van der Waals surface area contributed by atoms with Crippen LogP contribution in [0.1, 0.15) is 36.8 Å². The average molecular weight is 1390 g/mol. The van der Waals surface area contributed by atoms with Gasteiger partial charge in [0.25, 0.3) is 11.1 Å². The zero-order valence-electron chi connectivity index (χ0n) is 41.0. The third-order valence-corrected chi connectivity index (χ3v) is 14.0. The monoisotopic (exact) mass is 1380 g/mol. The van der Waals surface area contributed by atoms with Gasteiger partial charge in [-0.3, -0.25) is 24.0 Å². The van der Waals surface area contributed by atoms with Crippen molar-refractivity contribution >= 4 is 108 Å². The van der Waals surface area contributed by atoms with E-state index < -0.39 is 0 Å². The molecule has 0 unspecified atom stereocenters. The predicted molar refractivity (Wildman–Crippen MR) is 323 cm³/mol. The van der Waals surface area contributed by atoms with E-state index in [9.17, 15) is 9.59 Å². The molecule has 0 spiro atoms. The number of nitrogens with one attached hydrogen (secondary N) is 5. The first-order chi connectivity index (χ1) is 35.6. The van der Waals surface area contributed by atoms with Crippen LogP contribution in [0, 0.1) is 3.57 Å². The Morgan fingerprint density at radius 2 is 1.10 bits per heavy atom. The molecular weight excluding hydrogens is 1320 g/mol. The van der Waals surface area contributed by atoms with E-state index in [2.05, 4.69) is 210 Å². The Hall–Kier alpha value is -4.02. The van der Waals surface area contributed by atoms with Gasteiger partial charge in [0.05, 0.1) is 0 Å². The Morgan fingerprint density at radius 1 is 0.603 bits per heavy atom. The number of halogens is 4. The first-order valence-electron chi connectivity index (χ1n) is 24.3. The molecule has 73 heavy (non-hydrogen) atoms. The number of aromatic nitrogens is 4. The SMILES string of the molecule is Brc1cccc(I)c1.CNCCNC.O=c1[nH]ccnc1NC1CCN(Cc2ccc3ccccc3c2)CC1.O=c1c(NC2CCN(Cc3ccc4ccccc4c3)CC2)nccn1-c1cccc(Br)c1.[Cu][I]. The van der Waals surface area contributed by atoms with E-state index >= 15 is 0 Å². The number of piperidine rings is 2. The first kappa shape index (κ1) is 58.2. The zero-order chi connectivity index (χ0) is 51.8. The minimum absolute atomic E-state index is 0.121. The first-order valence-corrected chi connectivity index (χ1v) is 30.0.